The van der Waals surface area contributed by atoms with E-state index in [0.29, 0.717) is 0 Å². The Kier molecular flexibility index (Phi) is 7.14. The molecule has 2 heteroatoms. The quantitative estimate of drug-likeness (QED) is 0.171. The molecule has 0 bridgehead atoms. The molecule has 1 nitrogen and oxygen atoms in total. The van der Waals surface area contributed by atoms with Crippen LogP contribution in [0.5, 0.6) is 0 Å². The van der Waals surface area contributed by atoms with E-state index in [-0.39, 0.29) is 5.41 Å². The molecular weight excluding hydrogens is 683 g/mol. The summed E-state index contributed by atoms with van der Waals surface area (Å²) in [7, 11) is 0. The SMILES string of the molecule is CC1(C)c2ccccc2-c2c(N(c3ccc(-c4cccc5ccccc45)cc3)c3ccc(-c4cc5ccccc5c5sc6ccccc6c45)cc3)cccc21. The lowest BCUT2D eigenvalue weighted by atomic mass is 9.82. The zero-order valence-electron chi connectivity index (χ0n) is 30.8. The molecule has 0 saturated heterocycles. The number of nitrogens with zero attached hydrogens (tertiary/aromatic N) is 1. The third kappa shape index (κ3) is 4.92. The number of anilines is 3. The van der Waals surface area contributed by atoms with E-state index < -0.39 is 0 Å². The lowest BCUT2D eigenvalue weighted by Gasteiger charge is -2.29. The van der Waals surface area contributed by atoms with Gasteiger partial charge in [-0.1, -0.05) is 159 Å². The molecule has 0 radical (unpaired) electrons. The van der Waals surface area contributed by atoms with Crippen molar-refractivity contribution in [2.45, 2.75) is 19.3 Å². The fourth-order valence-electron chi connectivity index (χ4n) is 9.19. The van der Waals surface area contributed by atoms with Crippen LogP contribution in [0.3, 0.4) is 0 Å². The molecule has 10 aromatic rings. The summed E-state index contributed by atoms with van der Waals surface area (Å²) in [6, 6.07) is 69.5. The Morgan fingerprint density at radius 2 is 1.00 bits per heavy atom. The second kappa shape index (κ2) is 12.3. The summed E-state index contributed by atoms with van der Waals surface area (Å²) in [5.74, 6) is 0. The lowest BCUT2D eigenvalue weighted by molar-refractivity contribution is 0.660. The number of thiophene rings is 1. The zero-order valence-corrected chi connectivity index (χ0v) is 31.6. The summed E-state index contributed by atoms with van der Waals surface area (Å²) < 4.78 is 2.68. The molecule has 0 saturated carbocycles. The average Bonchev–Trinajstić information content (AvgIpc) is 3.74. The van der Waals surface area contributed by atoms with Crippen molar-refractivity contribution in [3.63, 3.8) is 0 Å². The highest BCUT2D eigenvalue weighted by Gasteiger charge is 2.37. The predicted molar refractivity (Wildman–Crippen MR) is 237 cm³/mol. The average molecular weight is 720 g/mol. The van der Waals surface area contributed by atoms with Crippen molar-refractivity contribution in [2.24, 2.45) is 0 Å². The van der Waals surface area contributed by atoms with Gasteiger partial charge in [0.15, 0.2) is 0 Å². The second-order valence-electron chi connectivity index (χ2n) is 15.3. The third-order valence-corrected chi connectivity index (χ3v) is 13.1. The molecule has 55 heavy (non-hydrogen) atoms. The van der Waals surface area contributed by atoms with Crippen molar-refractivity contribution in [3.8, 4) is 33.4 Å². The molecule has 1 aliphatic carbocycles. The highest BCUT2D eigenvalue weighted by Crippen LogP contribution is 2.54. The lowest BCUT2D eigenvalue weighted by Crippen LogP contribution is -2.16. The molecule has 0 atom stereocenters. The van der Waals surface area contributed by atoms with Crippen LogP contribution >= 0.6 is 11.3 Å². The van der Waals surface area contributed by atoms with Crippen LogP contribution in [0, 0.1) is 0 Å². The molecule has 1 aromatic heterocycles. The largest absolute Gasteiger partial charge is 0.310 e. The topological polar surface area (TPSA) is 3.24 Å². The number of hydrogen-bond donors (Lipinski definition) is 0. The fourth-order valence-corrected chi connectivity index (χ4v) is 10.5. The summed E-state index contributed by atoms with van der Waals surface area (Å²) >= 11 is 1.90. The van der Waals surface area contributed by atoms with Gasteiger partial charge in [-0.05, 0) is 103 Å². The van der Waals surface area contributed by atoms with Crippen molar-refractivity contribution in [2.75, 3.05) is 4.90 Å². The van der Waals surface area contributed by atoms with Gasteiger partial charge in [0.05, 0.1) is 5.69 Å². The fraction of sp³-hybridized carbons (Fsp3) is 0.0566. The normalized spacial score (nSPS) is 13.1. The molecule has 0 fully saturated rings. The number of hydrogen-bond acceptors (Lipinski definition) is 2. The zero-order chi connectivity index (χ0) is 36.7. The van der Waals surface area contributed by atoms with Gasteiger partial charge in [0.1, 0.15) is 0 Å². The van der Waals surface area contributed by atoms with E-state index in [1.165, 1.54) is 91.9 Å². The summed E-state index contributed by atoms with van der Waals surface area (Å²) in [4.78, 5) is 2.46. The first kappa shape index (κ1) is 32.0. The van der Waals surface area contributed by atoms with Gasteiger partial charge in [0.25, 0.3) is 0 Å². The molecular formula is C53H37NS. The van der Waals surface area contributed by atoms with Crippen molar-refractivity contribution in [1.29, 1.82) is 0 Å². The minimum Gasteiger partial charge on any atom is -0.310 e. The Bertz CT molecular complexity index is 3110. The Balaban J connectivity index is 1.10. The van der Waals surface area contributed by atoms with Crippen LogP contribution < -0.4 is 4.90 Å². The van der Waals surface area contributed by atoms with Gasteiger partial charge in [0, 0.05) is 42.5 Å². The highest BCUT2D eigenvalue weighted by atomic mass is 32.1. The van der Waals surface area contributed by atoms with Crippen LogP contribution in [0.1, 0.15) is 25.0 Å². The summed E-state index contributed by atoms with van der Waals surface area (Å²) in [6.07, 6.45) is 0. The molecule has 0 amide bonds. The predicted octanol–water partition coefficient (Wildman–Crippen LogP) is 15.5. The van der Waals surface area contributed by atoms with E-state index in [1.807, 2.05) is 11.3 Å². The minimum atomic E-state index is -0.0968. The smallest absolute Gasteiger partial charge is 0.0543 e. The monoisotopic (exact) mass is 719 g/mol. The van der Waals surface area contributed by atoms with E-state index in [4.69, 9.17) is 0 Å². The summed E-state index contributed by atoms with van der Waals surface area (Å²) in [5, 5.41) is 7.78. The molecule has 0 unspecified atom stereocenters. The van der Waals surface area contributed by atoms with Gasteiger partial charge in [0.2, 0.25) is 0 Å². The number of rotatable bonds is 5. The van der Waals surface area contributed by atoms with Gasteiger partial charge in [-0.2, -0.15) is 0 Å². The molecule has 0 aliphatic heterocycles. The van der Waals surface area contributed by atoms with Crippen LogP contribution in [0.4, 0.5) is 17.1 Å². The second-order valence-corrected chi connectivity index (χ2v) is 16.3. The maximum atomic E-state index is 2.46. The van der Waals surface area contributed by atoms with Gasteiger partial charge in [-0.15, -0.1) is 11.3 Å². The van der Waals surface area contributed by atoms with Crippen LogP contribution in [-0.4, -0.2) is 0 Å². The van der Waals surface area contributed by atoms with E-state index in [1.54, 1.807) is 0 Å². The molecule has 11 rings (SSSR count). The van der Waals surface area contributed by atoms with Gasteiger partial charge in [-0.3, -0.25) is 0 Å². The molecule has 0 N–H and O–H groups in total. The minimum absolute atomic E-state index is 0.0968. The molecule has 260 valence electrons. The Hall–Kier alpha value is -6.48. The van der Waals surface area contributed by atoms with E-state index >= 15 is 0 Å². The molecule has 1 aliphatic rings. The van der Waals surface area contributed by atoms with E-state index in [2.05, 4.69) is 207 Å². The highest BCUT2D eigenvalue weighted by molar-refractivity contribution is 7.26. The van der Waals surface area contributed by atoms with Crippen LogP contribution in [0.2, 0.25) is 0 Å². The Morgan fingerprint density at radius 1 is 0.436 bits per heavy atom. The van der Waals surface area contributed by atoms with E-state index in [0.717, 1.165) is 11.4 Å². The first-order valence-electron chi connectivity index (χ1n) is 19.1. The number of fused-ring (bicyclic) bond motifs is 9. The molecule has 0 spiro atoms. The van der Waals surface area contributed by atoms with Crippen molar-refractivity contribution >= 4 is 70.1 Å². The third-order valence-electron chi connectivity index (χ3n) is 11.9. The van der Waals surface area contributed by atoms with Gasteiger partial charge in [-0.25, -0.2) is 0 Å². The Labute approximate surface area is 325 Å². The maximum Gasteiger partial charge on any atom is 0.0543 e. The Morgan fingerprint density at radius 3 is 1.78 bits per heavy atom. The molecule has 1 heterocycles. The van der Waals surface area contributed by atoms with Crippen LogP contribution in [-0.2, 0) is 5.41 Å². The maximum absolute atomic E-state index is 2.46. The van der Waals surface area contributed by atoms with E-state index in [9.17, 15) is 0 Å². The molecule has 9 aromatic carbocycles. The first-order chi connectivity index (χ1) is 27.0. The first-order valence-corrected chi connectivity index (χ1v) is 19.9. The van der Waals surface area contributed by atoms with Gasteiger partial charge >= 0.3 is 0 Å². The standard InChI is InChI=1S/C53H37NS/c1-53(2)46-21-9-7-18-43(46)51-47(53)22-12-23-48(51)54(38-29-25-35(26-30-38)41-20-11-15-34-13-3-5-16-40(34)41)39-31-27-36(28-32-39)45-33-37-14-4-6-17-42(37)52-50(45)44-19-8-10-24-49(44)55-52/h3-33H,1-2H3. The van der Waals surface area contributed by atoms with Crippen molar-refractivity contribution in [1.82, 2.24) is 0 Å². The summed E-state index contributed by atoms with van der Waals surface area (Å²) in [5.41, 5.74) is 13.7. The van der Waals surface area contributed by atoms with Crippen molar-refractivity contribution in [3.05, 3.63) is 199 Å². The number of benzene rings is 9. The van der Waals surface area contributed by atoms with Crippen LogP contribution in [0.25, 0.3) is 75.1 Å². The van der Waals surface area contributed by atoms with Gasteiger partial charge < -0.3 is 4.90 Å². The van der Waals surface area contributed by atoms with Crippen molar-refractivity contribution < 1.29 is 0 Å². The summed E-state index contributed by atoms with van der Waals surface area (Å²) in [6.45, 7) is 4.72. The van der Waals surface area contributed by atoms with Crippen LogP contribution in [0.15, 0.2) is 188 Å².